The fourth-order valence-corrected chi connectivity index (χ4v) is 2.03. The maximum atomic E-state index is 9.58. The minimum Gasteiger partial charge on any atom is -0.393 e. The lowest BCUT2D eigenvalue weighted by Crippen LogP contribution is -2.35. The first-order chi connectivity index (χ1) is 6.74. The van der Waals surface area contributed by atoms with E-state index in [1.165, 1.54) is 16.4 Å². The molecule has 0 unspecified atom stereocenters. The van der Waals surface area contributed by atoms with Gasteiger partial charge in [0.15, 0.2) is 6.23 Å². The van der Waals surface area contributed by atoms with Crippen molar-refractivity contribution in [3.63, 3.8) is 0 Å². The van der Waals surface area contributed by atoms with Crippen LogP contribution >= 0.6 is 11.3 Å². The number of rotatable bonds is 2. The van der Waals surface area contributed by atoms with Crippen molar-refractivity contribution in [1.82, 2.24) is 0 Å². The van der Waals surface area contributed by atoms with Crippen LogP contribution in [0.2, 0.25) is 0 Å². The summed E-state index contributed by atoms with van der Waals surface area (Å²) in [7, 11) is 0. The van der Waals surface area contributed by atoms with E-state index >= 15 is 0 Å². The van der Waals surface area contributed by atoms with Gasteiger partial charge in [-0.25, -0.2) is 5.06 Å². The highest BCUT2D eigenvalue weighted by molar-refractivity contribution is 7.14. The van der Waals surface area contributed by atoms with Gasteiger partial charge in [0.05, 0.1) is 6.61 Å². The van der Waals surface area contributed by atoms with E-state index in [-0.39, 0.29) is 6.61 Å². The summed E-state index contributed by atoms with van der Waals surface area (Å²) in [5.41, 5.74) is 0. The topological polar surface area (TPSA) is 73.2 Å². The van der Waals surface area contributed by atoms with Gasteiger partial charge in [0, 0.05) is 0 Å². The van der Waals surface area contributed by atoms with Crippen molar-refractivity contribution in [2.45, 2.75) is 18.4 Å². The van der Waals surface area contributed by atoms with Gasteiger partial charge in [0.2, 0.25) is 0 Å². The number of aliphatic hydroxyl groups is 3. The van der Waals surface area contributed by atoms with Crippen LogP contribution in [0, 0.1) is 0 Å². The lowest BCUT2D eigenvalue weighted by Gasteiger charge is -2.18. The molecule has 0 spiro atoms. The molecule has 0 amide bonds. The first-order valence-electron chi connectivity index (χ1n) is 4.20. The van der Waals surface area contributed by atoms with Gasteiger partial charge in [-0.15, -0.1) is 11.3 Å². The molecule has 0 bridgehead atoms. The molecule has 1 aliphatic heterocycles. The Kier molecular flexibility index (Phi) is 2.71. The Bertz CT molecular complexity index is 292. The number of thiophene rings is 1. The molecule has 3 N–H and O–H groups in total. The molecule has 0 saturated carbocycles. The summed E-state index contributed by atoms with van der Waals surface area (Å²) in [6.07, 6.45) is -2.96. The number of aliphatic hydroxyl groups excluding tert-OH is 3. The molecule has 14 heavy (non-hydrogen) atoms. The Labute approximate surface area is 84.7 Å². The molecule has 78 valence electrons. The summed E-state index contributed by atoms with van der Waals surface area (Å²) in [5, 5.41) is 31.6. The molecule has 0 radical (unpaired) electrons. The van der Waals surface area contributed by atoms with Crippen molar-refractivity contribution >= 4 is 16.3 Å². The Morgan fingerprint density at radius 3 is 2.79 bits per heavy atom. The second kappa shape index (κ2) is 3.84. The van der Waals surface area contributed by atoms with Gasteiger partial charge in [-0.05, 0) is 17.5 Å². The number of nitrogens with zero attached hydrogens (tertiary/aromatic N) is 1. The second-order valence-corrected chi connectivity index (χ2v) is 3.93. The predicted octanol–water partition coefficient (Wildman–Crippen LogP) is -0.460. The van der Waals surface area contributed by atoms with E-state index < -0.39 is 18.4 Å². The molecular weight excluding hydrogens is 206 g/mol. The minimum atomic E-state index is -1.12. The van der Waals surface area contributed by atoms with Crippen LogP contribution in [-0.2, 0) is 4.84 Å². The Morgan fingerprint density at radius 2 is 2.29 bits per heavy atom. The standard InChI is InChI=1S/C8H11NO4S/c10-4-5-7(11)8(12)9(13-5)6-2-1-3-14-6/h1-3,5,7-8,10-12H,4H2/t5-,7-,8+/m1/s1. The summed E-state index contributed by atoms with van der Waals surface area (Å²) in [6, 6.07) is 3.58. The zero-order valence-corrected chi connectivity index (χ0v) is 8.09. The number of hydroxylamine groups is 1. The molecule has 2 rings (SSSR count). The van der Waals surface area contributed by atoms with E-state index in [1.807, 2.05) is 11.4 Å². The second-order valence-electron chi connectivity index (χ2n) is 3.01. The lowest BCUT2D eigenvalue weighted by molar-refractivity contribution is -0.00883. The van der Waals surface area contributed by atoms with Gasteiger partial charge >= 0.3 is 0 Å². The van der Waals surface area contributed by atoms with E-state index in [1.54, 1.807) is 6.07 Å². The highest BCUT2D eigenvalue weighted by atomic mass is 32.1. The molecule has 1 aliphatic rings. The predicted molar refractivity (Wildman–Crippen MR) is 50.8 cm³/mol. The third-order valence-electron chi connectivity index (χ3n) is 2.08. The SMILES string of the molecule is OC[C@H]1ON(c2cccs2)[C@@H](O)[C@@H]1O. The molecule has 1 aromatic heterocycles. The monoisotopic (exact) mass is 217 g/mol. The average Bonchev–Trinajstić information content (AvgIpc) is 2.78. The summed E-state index contributed by atoms with van der Waals surface area (Å²) in [5.74, 6) is 0. The zero-order valence-electron chi connectivity index (χ0n) is 7.28. The fourth-order valence-electron chi connectivity index (χ4n) is 1.32. The fraction of sp³-hybridized carbons (Fsp3) is 0.500. The Balaban J connectivity index is 2.16. The van der Waals surface area contributed by atoms with Crippen molar-refractivity contribution in [3.8, 4) is 0 Å². The molecule has 1 saturated heterocycles. The maximum absolute atomic E-state index is 9.58. The summed E-state index contributed by atoms with van der Waals surface area (Å²) < 4.78 is 0. The van der Waals surface area contributed by atoms with Crippen LogP contribution in [0.1, 0.15) is 0 Å². The normalized spacial score (nSPS) is 32.5. The van der Waals surface area contributed by atoms with Crippen LogP contribution in [0.15, 0.2) is 17.5 Å². The summed E-state index contributed by atoms with van der Waals surface area (Å²) >= 11 is 1.39. The first-order valence-corrected chi connectivity index (χ1v) is 5.08. The zero-order chi connectivity index (χ0) is 10.1. The highest BCUT2D eigenvalue weighted by Crippen LogP contribution is 2.30. The van der Waals surface area contributed by atoms with Crippen molar-refractivity contribution in [2.75, 3.05) is 11.7 Å². The number of hydrogen-bond donors (Lipinski definition) is 3. The third-order valence-corrected chi connectivity index (χ3v) is 2.93. The van der Waals surface area contributed by atoms with Crippen molar-refractivity contribution in [1.29, 1.82) is 0 Å². The number of anilines is 1. The van der Waals surface area contributed by atoms with Crippen molar-refractivity contribution < 1.29 is 20.2 Å². The smallest absolute Gasteiger partial charge is 0.181 e. The molecular formula is C8H11NO4S. The van der Waals surface area contributed by atoms with Gasteiger partial charge < -0.3 is 15.3 Å². The van der Waals surface area contributed by atoms with E-state index in [4.69, 9.17) is 9.94 Å². The lowest BCUT2D eigenvalue weighted by atomic mass is 10.2. The van der Waals surface area contributed by atoms with E-state index in [9.17, 15) is 10.2 Å². The summed E-state index contributed by atoms with van der Waals surface area (Å²) in [6.45, 7) is -0.319. The van der Waals surface area contributed by atoms with Gasteiger partial charge in [-0.1, -0.05) is 0 Å². The van der Waals surface area contributed by atoms with Crippen LogP contribution in [-0.4, -0.2) is 40.4 Å². The number of hydrogen-bond acceptors (Lipinski definition) is 6. The largest absolute Gasteiger partial charge is 0.393 e. The van der Waals surface area contributed by atoms with Gasteiger partial charge in [0.1, 0.15) is 17.2 Å². The Hall–Kier alpha value is -0.660. The highest BCUT2D eigenvalue weighted by Gasteiger charge is 2.41. The molecule has 5 nitrogen and oxygen atoms in total. The summed E-state index contributed by atoms with van der Waals surface area (Å²) in [4.78, 5) is 5.17. The van der Waals surface area contributed by atoms with Crippen molar-refractivity contribution in [3.05, 3.63) is 17.5 Å². The maximum Gasteiger partial charge on any atom is 0.181 e. The van der Waals surface area contributed by atoms with Crippen LogP contribution in [0.5, 0.6) is 0 Å². The quantitative estimate of drug-likeness (QED) is 0.625. The van der Waals surface area contributed by atoms with Gasteiger partial charge in [0.25, 0.3) is 0 Å². The van der Waals surface area contributed by atoms with Crippen LogP contribution in [0.25, 0.3) is 0 Å². The van der Waals surface area contributed by atoms with E-state index in [0.29, 0.717) is 5.00 Å². The molecule has 1 aromatic rings. The first kappa shape index (κ1) is 9.88. The molecule has 0 aliphatic carbocycles. The minimum absolute atomic E-state index is 0.319. The van der Waals surface area contributed by atoms with Gasteiger partial charge in [-0.2, -0.15) is 0 Å². The molecule has 6 heteroatoms. The van der Waals surface area contributed by atoms with E-state index in [2.05, 4.69) is 0 Å². The molecule has 1 fully saturated rings. The van der Waals surface area contributed by atoms with E-state index in [0.717, 1.165) is 0 Å². The Morgan fingerprint density at radius 1 is 1.50 bits per heavy atom. The third kappa shape index (κ3) is 1.51. The van der Waals surface area contributed by atoms with Crippen LogP contribution < -0.4 is 5.06 Å². The van der Waals surface area contributed by atoms with Crippen molar-refractivity contribution in [2.24, 2.45) is 0 Å². The average molecular weight is 217 g/mol. The van der Waals surface area contributed by atoms with Crippen LogP contribution in [0.4, 0.5) is 5.00 Å². The molecule has 3 atom stereocenters. The molecule has 2 heterocycles. The van der Waals surface area contributed by atoms with Gasteiger partial charge in [-0.3, -0.25) is 4.84 Å². The van der Waals surface area contributed by atoms with Crippen LogP contribution in [0.3, 0.4) is 0 Å². The molecule has 0 aromatic carbocycles.